The number of para-hydroxylation sites is 6. The average Bonchev–Trinajstić information content (AvgIpc) is 3.92. The molecule has 2 heterocycles. The van der Waals surface area contributed by atoms with Crippen LogP contribution in [0.5, 0.6) is 0 Å². The highest BCUT2D eigenvalue weighted by atomic mass is 16.3. The molecule has 0 spiro atoms. The van der Waals surface area contributed by atoms with Gasteiger partial charge in [-0.3, -0.25) is 0 Å². The van der Waals surface area contributed by atoms with Gasteiger partial charge in [0.05, 0.1) is 34.9 Å². The lowest BCUT2D eigenvalue weighted by atomic mass is 9.83. The minimum atomic E-state index is -0.0515. The van der Waals surface area contributed by atoms with E-state index >= 15 is 0 Å². The van der Waals surface area contributed by atoms with Crippen molar-refractivity contribution in [2.24, 2.45) is 0 Å². The van der Waals surface area contributed by atoms with Gasteiger partial charge in [-0.2, -0.15) is 5.26 Å². The monoisotopic (exact) mass is 822 g/mol. The number of nitriles is 1. The number of fused-ring (bicyclic) bond motifs is 6. The molecule has 10 aromatic carbocycles. The highest BCUT2D eigenvalue weighted by molar-refractivity contribution is 6.29. The van der Waals surface area contributed by atoms with Crippen LogP contribution in [0.4, 0.5) is 39.8 Å². The average molecular weight is 823 g/mol. The summed E-state index contributed by atoms with van der Waals surface area (Å²) >= 11 is 0. The van der Waals surface area contributed by atoms with Crippen molar-refractivity contribution in [1.29, 1.82) is 5.26 Å². The fraction of sp³-hybridized carbons (Fsp3) is 0.0690. The fourth-order valence-corrected chi connectivity index (χ4v) is 9.78. The maximum atomic E-state index is 10.2. The van der Waals surface area contributed by atoms with Gasteiger partial charge in [-0.25, -0.2) is 4.85 Å². The second-order valence-corrected chi connectivity index (χ2v) is 17.5. The van der Waals surface area contributed by atoms with Gasteiger partial charge >= 0.3 is 0 Å². The second-order valence-electron chi connectivity index (χ2n) is 17.5. The molecular formula is C58H38N4O2. The Kier molecular flexibility index (Phi) is 8.12. The van der Waals surface area contributed by atoms with Crippen molar-refractivity contribution in [3.63, 3.8) is 0 Å². The van der Waals surface area contributed by atoms with Crippen molar-refractivity contribution in [1.82, 2.24) is 0 Å². The van der Waals surface area contributed by atoms with Gasteiger partial charge in [0.2, 0.25) is 5.69 Å². The standard InChI is InChI=1S/C58H38N4O2/c1-58(2,3)38-31-35-27-29-45-50(61(39-16-7-5-8-17-39)48-25-13-22-43-41-20-11-15-37(34-59)54(41)63-56(43)48)33-51(46-30-28-36(32-38)52(35)53(45)46)62(40-18-9-6-10-19-40)49-26-14-23-44-42-21-12-24-47(60-4)55(42)64-57(44)49/h5-33H,1-3H3. The molecule has 6 heteroatoms. The molecule has 0 fully saturated rings. The third kappa shape index (κ3) is 5.50. The minimum absolute atomic E-state index is 0.0515. The molecule has 12 rings (SSSR count). The molecule has 0 saturated heterocycles. The zero-order valence-electron chi connectivity index (χ0n) is 35.3. The summed E-state index contributed by atoms with van der Waals surface area (Å²) in [6.45, 7) is 14.8. The molecule has 0 saturated carbocycles. The molecule has 0 aliphatic carbocycles. The zero-order valence-corrected chi connectivity index (χ0v) is 35.3. The number of nitrogens with zero attached hydrogens (tertiary/aromatic N) is 4. The number of rotatable bonds is 6. The predicted octanol–water partition coefficient (Wildman–Crippen LogP) is 17.0. The van der Waals surface area contributed by atoms with Crippen LogP contribution in [0.3, 0.4) is 0 Å². The Bertz CT molecular complexity index is 3680. The van der Waals surface area contributed by atoms with E-state index in [1.165, 1.54) is 21.7 Å². The maximum Gasteiger partial charge on any atom is 0.229 e. The van der Waals surface area contributed by atoms with Gasteiger partial charge in [-0.1, -0.05) is 148 Å². The maximum absolute atomic E-state index is 10.2. The molecule has 0 unspecified atom stereocenters. The lowest BCUT2D eigenvalue weighted by molar-refractivity contribution is 0.591. The second kappa shape index (κ2) is 14.0. The molecule has 64 heavy (non-hydrogen) atoms. The first-order chi connectivity index (χ1) is 31.3. The summed E-state index contributed by atoms with van der Waals surface area (Å²) in [6.07, 6.45) is 0. The predicted molar refractivity (Wildman–Crippen MR) is 264 cm³/mol. The Morgan fingerprint density at radius 1 is 0.469 bits per heavy atom. The third-order valence-corrected chi connectivity index (χ3v) is 12.8. The molecule has 2 aromatic heterocycles. The summed E-state index contributed by atoms with van der Waals surface area (Å²) in [6, 6.07) is 63.3. The molecule has 12 aromatic rings. The largest absolute Gasteiger partial charge is 0.465 e. The molecule has 0 aliphatic rings. The number of anilines is 6. The van der Waals surface area contributed by atoms with Crippen molar-refractivity contribution >= 4 is 116 Å². The number of furan rings is 2. The molecule has 0 amide bonds. The summed E-state index contributed by atoms with van der Waals surface area (Å²) < 4.78 is 13.6. The van der Waals surface area contributed by atoms with Crippen LogP contribution in [-0.4, -0.2) is 0 Å². The zero-order chi connectivity index (χ0) is 43.3. The smallest absolute Gasteiger partial charge is 0.229 e. The van der Waals surface area contributed by atoms with Crippen LogP contribution < -0.4 is 9.80 Å². The van der Waals surface area contributed by atoms with Crippen molar-refractivity contribution in [2.75, 3.05) is 9.80 Å². The van der Waals surface area contributed by atoms with E-state index in [0.29, 0.717) is 33.6 Å². The summed E-state index contributed by atoms with van der Waals surface area (Å²) in [7, 11) is 0. The molecule has 0 aliphatic heterocycles. The SMILES string of the molecule is [C-]#[N+]c1cccc2c1oc1c(N(c3ccccc3)c3cc(N(c4ccccc4)c4cccc5c4oc4c(C#N)cccc45)c4ccc5cc(C(C)(C)C)cc6ccc3c4c56)cccc12. The Balaban J connectivity index is 1.25. The summed E-state index contributed by atoms with van der Waals surface area (Å²) in [5.74, 6) is 0. The van der Waals surface area contributed by atoms with E-state index in [0.717, 1.165) is 71.8 Å². The van der Waals surface area contributed by atoms with Crippen LogP contribution in [0.2, 0.25) is 0 Å². The lowest BCUT2D eigenvalue weighted by Crippen LogP contribution is -2.15. The quantitative estimate of drug-likeness (QED) is 0.123. The van der Waals surface area contributed by atoms with E-state index in [-0.39, 0.29) is 5.41 Å². The lowest BCUT2D eigenvalue weighted by Gasteiger charge is -2.32. The first-order valence-electron chi connectivity index (χ1n) is 21.4. The van der Waals surface area contributed by atoms with E-state index in [1.807, 2.05) is 42.5 Å². The molecule has 0 N–H and O–H groups in total. The highest BCUT2D eigenvalue weighted by Crippen LogP contribution is 2.53. The Morgan fingerprint density at radius 2 is 0.953 bits per heavy atom. The van der Waals surface area contributed by atoms with Gasteiger partial charge in [0.1, 0.15) is 11.7 Å². The van der Waals surface area contributed by atoms with Crippen LogP contribution in [0.15, 0.2) is 185 Å². The molecule has 0 atom stereocenters. The summed E-state index contributed by atoms with van der Waals surface area (Å²) in [5, 5.41) is 20.7. The number of hydrogen-bond acceptors (Lipinski definition) is 5. The first kappa shape index (κ1) is 37.2. The van der Waals surface area contributed by atoms with Gasteiger partial charge in [-0.05, 0) is 75.7 Å². The first-order valence-corrected chi connectivity index (χ1v) is 21.4. The topological polar surface area (TPSA) is 60.9 Å². The van der Waals surface area contributed by atoms with Gasteiger partial charge in [0.15, 0.2) is 16.7 Å². The Hall–Kier alpha value is -8.58. The van der Waals surface area contributed by atoms with E-state index in [9.17, 15) is 5.26 Å². The molecule has 0 bridgehead atoms. The molecule has 0 radical (unpaired) electrons. The van der Waals surface area contributed by atoms with E-state index in [4.69, 9.17) is 15.4 Å². The Labute approximate surface area is 369 Å². The van der Waals surface area contributed by atoms with E-state index in [2.05, 4.69) is 169 Å². The third-order valence-electron chi connectivity index (χ3n) is 12.8. The number of hydrogen-bond donors (Lipinski definition) is 0. The normalized spacial score (nSPS) is 12.0. The van der Waals surface area contributed by atoms with Crippen molar-refractivity contribution < 1.29 is 8.83 Å². The van der Waals surface area contributed by atoms with Crippen LogP contribution in [0, 0.1) is 17.9 Å². The van der Waals surface area contributed by atoms with Crippen LogP contribution in [-0.2, 0) is 5.41 Å². The Morgan fingerprint density at radius 3 is 1.47 bits per heavy atom. The minimum Gasteiger partial charge on any atom is -0.465 e. The summed E-state index contributed by atoms with van der Waals surface area (Å²) in [5.41, 5.74) is 10.2. The molecule has 302 valence electrons. The van der Waals surface area contributed by atoms with Crippen LogP contribution in [0.25, 0.3) is 81.0 Å². The van der Waals surface area contributed by atoms with Crippen LogP contribution in [0.1, 0.15) is 31.9 Å². The van der Waals surface area contributed by atoms with E-state index < -0.39 is 0 Å². The van der Waals surface area contributed by atoms with Crippen molar-refractivity contribution in [2.45, 2.75) is 26.2 Å². The highest BCUT2D eigenvalue weighted by Gasteiger charge is 2.29. The van der Waals surface area contributed by atoms with Gasteiger partial charge in [0, 0.05) is 49.1 Å². The van der Waals surface area contributed by atoms with E-state index in [1.54, 1.807) is 6.07 Å². The number of benzene rings is 10. The van der Waals surface area contributed by atoms with Crippen molar-refractivity contribution in [3.05, 3.63) is 198 Å². The van der Waals surface area contributed by atoms with Crippen LogP contribution >= 0.6 is 0 Å². The van der Waals surface area contributed by atoms with Gasteiger partial charge < -0.3 is 18.6 Å². The summed E-state index contributed by atoms with van der Waals surface area (Å²) in [4.78, 5) is 8.45. The van der Waals surface area contributed by atoms with Gasteiger partial charge in [-0.15, -0.1) is 0 Å². The van der Waals surface area contributed by atoms with Crippen molar-refractivity contribution in [3.8, 4) is 6.07 Å². The van der Waals surface area contributed by atoms with Gasteiger partial charge in [0.25, 0.3) is 0 Å². The molecular weight excluding hydrogens is 785 g/mol. The molecule has 6 nitrogen and oxygen atoms in total. The fourth-order valence-electron chi connectivity index (χ4n) is 9.78.